The molecule has 44 heavy (non-hydrogen) atoms. The lowest BCUT2D eigenvalue weighted by Gasteiger charge is -2.65. The molecule has 0 saturated heterocycles. The number of esters is 1. The van der Waals surface area contributed by atoms with Crippen LogP contribution >= 0.6 is 31.9 Å². The van der Waals surface area contributed by atoms with Gasteiger partial charge in [-0.3, -0.25) is 4.79 Å². The van der Waals surface area contributed by atoms with Gasteiger partial charge in [0.1, 0.15) is 6.10 Å². The summed E-state index contributed by atoms with van der Waals surface area (Å²) < 4.78 is 6.22. The van der Waals surface area contributed by atoms with Gasteiger partial charge >= 0.3 is 5.97 Å². The van der Waals surface area contributed by atoms with Gasteiger partial charge in [0.15, 0.2) is 0 Å². The van der Waals surface area contributed by atoms with Gasteiger partial charge in [0, 0.05) is 22.0 Å². The first-order valence-corrected chi connectivity index (χ1v) is 21.4. The second kappa shape index (κ2) is 17.7. The number of hydrogen-bond acceptors (Lipinski definition) is 2. The van der Waals surface area contributed by atoms with Crippen molar-refractivity contribution in [3.63, 3.8) is 0 Å². The molecule has 2 nitrogen and oxygen atoms in total. The minimum absolute atomic E-state index is 0.0196. The summed E-state index contributed by atoms with van der Waals surface area (Å²) in [6, 6.07) is 0. The maximum absolute atomic E-state index is 12.9. The molecule has 0 amide bonds. The summed E-state index contributed by atoms with van der Waals surface area (Å²) >= 11 is 8.69. The average molecular weight is 743 g/mol. The van der Waals surface area contributed by atoms with E-state index in [4.69, 9.17) is 4.74 Å². The van der Waals surface area contributed by atoms with Gasteiger partial charge in [-0.15, -0.1) is 0 Å². The molecule has 0 radical (unpaired) electrons. The van der Waals surface area contributed by atoms with Crippen molar-refractivity contribution in [2.75, 3.05) is 0 Å². The number of fused-ring (bicyclic) bond motifs is 5. The molecule has 0 aromatic carbocycles. The third-order valence-electron chi connectivity index (χ3n) is 13.8. The third kappa shape index (κ3) is 8.71. The topological polar surface area (TPSA) is 26.3 Å². The van der Waals surface area contributed by atoms with Crippen LogP contribution in [0.15, 0.2) is 0 Å². The molecule has 9 unspecified atom stereocenters. The molecule has 0 bridgehead atoms. The van der Waals surface area contributed by atoms with Gasteiger partial charge in [0.05, 0.1) is 0 Å². The number of hydrogen-bond donors (Lipinski definition) is 0. The van der Waals surface area contributed by atoms with Crippen LogP contribution in [0.25, 0.3) is 0 Å². The van der Waals surface area contributed by atoms with Crippen LogP contribution in [-0.2, 0) is 9.53 Å². The number of alkyl halides is 2. The molecule has 9 atom stereocenters. The molecule has 256 valence electrons. The highest BCUT2D eigenvalue weighted by Crippen LogP contribution is 2.71. The van der Waals surface area contributed by atoms with Crippen molar-refractivity contribution in [1.82, 2.24) is 0 Å². The minimum Gasteiger partial charge on any atom is -0.462 e. The number of rotatable bonds is 19. The number of halogens is 2. The fourth-order valence-corrected chi connectivity index (χ4v) is 13.2. The van der Waals surface area contributed by atoms with E-state index in [9.17, 15) is 4.79 Å². The standard InChI is InChI=1S/C40H70Br2O2/c1-5-7-9-11-13-14-15-16-18-20-22-37(43)44-32-25-28-39(4)35-26-27-38(3)31(21-19-17-12-10-8-6-2)23-24-34(38)33(35)29-36(41)40(39,42)30-32/h31-36H,5-30H2,1-4H3. The van der Waals surface area contributed by atoms with Gasteiger partial charge in [0.25, 0.3) is 0 Å². The van der Waals surface area contributed by atoms with Crippen molar-refractivity contribution >= 4 is 37.8 Å². The summed E-state index contributed by atoms with van der Waals surface area (Å²) in [5, 5.41) is 0. The van der Waals surface area contributed by atoms with Crippen LogP contribution in [0.5, 0.6) is 0 Å². The van der Waals surface area contributed by atoms with Gasteiger partial charge in [-0.2, -0.15) is 0 Å². The molecular weight excluding hydrogens is 672 g/mol. The molecule has 4 heteroatoms. The molecule has 0 aliphatic heterocycles. The number of ether oxygens (including phenoxy) is 1. The number of carbonyl (C=O) groups is 1. The number of unbranched alkanes of at least 4 members (excludes halogenated alkanes) is 14. The first-order valence-electron chi connectivity index (χ1n) is 19.7. The summed E-state index contributed by atoms with van der Waals surface area (Å²) in [5.41, 5.74) is 0.823. The summed E-state index contributed by atoms with van der Waals surface area (Å²) in [4.78, 5) is 13.3. The zero-order valence-electron chi connectivity index (χ0n) is 29.4. The first-order chi connectivity index (χ1) is 21.2. The van der Waals surface area contributed by atoms with Gasteiger partial charge in [-0.1, -0.05) is 156 Å². The Morgan fingerprint density at radius 3 is 1.95 bits per heavy atom. The molecule has 4 fully saturated rings. The predicted octanol–water partition coefficient (Wildman–Crippen LogP) is 13.5. The lowest BCUT2D eigenvalue weighted by molar-refractivity contribution is -0.157. The smallest absolute Gasteiger partial charge is 0.306 e. The van der Waals surface area contributed by atoms with E-state index >= 15 is 0 Å². The summed E-state index contributed by atoms with van der Waals surface area (Å²) in [6.45, 7) is 9.91. The fourth-order valence-electron chi connectivity index (χ4n) is 11.0. The van der Waals surface area contributed by atoms with Crippen LogP contribution in [-0.4, -0.2) is 21.2 Å². The van der Waals surface area contributed by atoms with Crippen molar-refractivity contribution in [2.45, 2.75) is 210 Å². The molecule has 0 spiro atoms. The fraction of sp³-hybridized carbons (Fsp3) is 0.975. The largest absolute Gasteiger partial charge is 0.462 e. The zero-order chi connectivity index (χ0) is 31.6. The van der Waals surface area contributed by atoms with E-state index in [-0.39, 0.29) is 21.8 Å². The van der Waals surface area contributed by atoms with E-state index in [0.29, 0.717) is 16.7 Å². The molecule has 0 aromatic rings. The normalized spacial score (nSPS) is 38.1. The summed E-state index contributed by atoms with van der Waals surface area (Å²) in [5.74, 6) is 3.54. The van der Waals surface area contributed by atoms with E-state index < -0.39 is 0 Å². The van der Waals surface area contributed by atoms with E-state index in [0.717, 1.165) is 42.9 Å². The van der Waals surface area contributed by atoms with Crippen molar-refractivity contribution in [2.24, 2.45) is 34.5 Å². The van der Waals surface area contributed by atoms with Crippen molar-refractivity contribution in [3.8, 4) is 0 Å². The maximum Gasteiger partial charge on any atom is 0.306 e. The number of carbonyl (C=O) groups excluding carboxylic acids is 1. The van der Waals surface area contributed by atoms with Gasteiger partial charge in [-0.05, 0) is 92.3 Å². The van der Waals surface area contributed by atoms with Gasteiger partial charge in [-0.25, -0.2) is 0 Å². The van der Waals surface area contributed by atoms with E-state index in [1.54, 1.807) is 0 Å². The first kappa shape index (κ1) is 37.3. The van der Waals surface area contributed by atoms with Crippen molar-refractivity contribution < 1.29 is 9.53 Å². The highest BCUT2D eigenvalue weighted by Gasteiger charge is 2.66. The Morgan fingerprint density at radius 1 is 0.727 bits per heavy atom. The second-order valence-electron chi connectivity index (χ2n) is 16.5. The molecule has 4 saturated carbocycles. The molecule has 0 N–H and O–H groups in total. The molecule has 4 aliphatic carbocycles. The highest BCUT2D eigenvalue weighted by molar-refractivity contribution is 9.12. The second-order valence-corrected chi connectivity index (χ2v) is 19.0. The molecule has 0 heterocycles. The van der Waals surface area contributed by atoms with Crippen molar-refractivity contribution in [1.29, 1.82) is 0 Å². The molecular formula is C40H70Br2O2. The van der Waals surface area contributed by atoms with Crippen LogP contribution < -0.4 is 0 Å². The lowest BCUT2D eigenvalue weighted by Crippen LogP contribution is -2.64. The molecule has 0 aromatic heterocycles. The van der Waals surface area contributed by atoms with Gasteiger partial charge in [0.2, 0.25) is 0 Å². The van der Waals surface area contributed by atoms with E-state index in [2.05, 4.69) is 59.6 Å². The Labute approximate surface area is 290 Å². The SMILES string of the molecule is CCCCCCCCCCCCC(=O)OC1CCC2(C)C3CCC4(C)C(CCCCCCCC)CCC4C3CC(Br)C2(Br)C1. The average Bonchev–Trinajstić information content (AvgIpc) is 3.33. The summed E-state index contributed by atoms with van der Waals surface area (Å²) in [6.07, 6.45) is 33.9. The van der Waals surface area contributed by atoms with Crippen LogP contribution in [0.2, 0.25) is 0 Å². The monoisotopic (exact) mass is 740 g/mol. The predicted molar refractivity (Wildman–Crippen MR) is 196 cm³/mol. The Balaban J connectivity index is 1.23. The van der Waals surface area contributed by atoms with Crippen LogP contribution in [0.4, 0.5) is 0 Å². The lowest BCUT2D eigenvalue weighted by atomic mass is 9.44. The minimum atomic E-state index is 0.0196. The summed E-state index contributed by atoms with van der Waals surface area (Å²) in [7, 11) is 0. The molecule has 4 rings (SSSR count). The zero-order valence-corrected chi connectivity index (χ0v) is 32.6. The van der Waals surface area contributed by atoms with E-state index in [1.807, 2.05) is 0 Å². The Hall–Kier alpha value is 0.430. The maximum atomic E-state index is 12.9. The quantitative estimate of drug-likeness (QED) is 0.0748. The third-order valence-corrected chi connectivity index (χ3v) is 17.4. The van der Waals surface area contributed by atoms with Crippen molar-refractivity contribution in [3.05, 3.63) is 0 Å². The Kier molecular flexibility index (Phi) is 15.0. The van der Waals surface area contributed by atoms with Gasteiger partial charge < -0.3 is 4.74 Å². The van der Waals surface area contributed by atoms with Crippen LogP contribution in [0, 0.1) is 34.5 Å². The molecule has 4 aliphatic rings. The Morgan fingerprint density at radius 2 is 1.32 bits per heavy atom. The van der Waals surface area contributed by atoms with E-state index in [1.165, 1.54) is 141 Å². The van der Waals surface area contributed by atoms with Crippen LogP contribution in [0.1, 0.15) is 195 Å². The Bertz CT molecular complexity index is 862. The van der Waals surface area contributed by atoms with Crippen LogP contribution in [0.3, 0.4) is 0 Å². The highest BCUT2D eigenvalue weighted by atomic mass is 79.9.